The topological polar surface area (TPSA) is 55.4 Å². The van der Waals surface area contributed by atoms with Crippen LogP contribution in [0.25, 0.3) is 0 Å². The van der Waals surface area contributed by atoms with Crippen LogP contribution in [0.1, 0.15) is 77.6 Å². The van der Waals surface area contributed by atoms with Crippen LogP contribution in [0.4, 0.5) is 0 Å². The van der Waals surface area contributed by atoms with Gasteiger partial charge >= 0.3 is 0 Å². The van der Waals surface area contributed by atoms with Gasteiger partial charge in [-0.25, -0.2) is 0 Å². The Bertz CT molecular complexity index is 513. The van der Waals surface area contributed by atoms with E-state index in [1.54, 1.807) is 0 Å². The second kappa shape index (κ2) is 7.54. The van der Waals surface area contributed by atoms with Crippen LogP contribution in [0, 0.1) is 0 Å². The lowest BCUT2D eigenvalue weighted by molar-refractivity contribution is -0.256. The highest BCUT2D eigenvalue weighted by atomic mass is 16.9. The molecule has 0 N–H and O–H groups in total. The molecule has 5 rings (SSSR count). The van der Waals surface area contributed by atoms with Gasteiger partial charge in [-0.1, -0.05) is 19.8 Å². The molecule has 0 amide bonds. The molecule has 6 nitrogen and oxygen atoms in total. The van der Waals surface area contributed by atoms with E-state index in [0.717, 1.165) is 64.4 Å². The molecule has 2 saturated carbocycles. The third-order valence-corrected chi connectivity index (χ3v) is 6.84. The van der Waals surface area contributed by atoms with Crippen LogP contribution in [0.15, 0.2) is 0 Å². The Balaban J connectivity index is 1.36. The molecule has 27 heavy (non-hydrogen) atoms. The van der Waals surface area contributed by atoms with Crippen molar-refractivity contribution in [3.63, 3.8) is 0 Å². The summed E-state index contributed by atoms with van der Waals surface area (Å²) in [4.78, 5) is 0. The molecule has 0 radical (unpaired) electrons. The Labute approximate surface area is 162 Å². The molecule has 5 aliphatic rings. The van der Waals surface area contributed by atoms with E-state index in [-0.39, 0.29) is 30.7 Å². The lowest BCUT2D eigenvalue weighted by Gasteiger charge is -2.37. The van der Waals surface area contributed by atoms with Gasteiger partial charge in [-0.15, -0.1) is 0 Å². The Morgan fingerprint density at radius 3 is 2.00 bits per heavy atom. The van der Waals surface area contributed by atoms with Crippen molar-refractivity contribution in [1.29, 1.82) is 0 Å². The first-order valence-corrected chi connectivity index (χ1v) is 11.2. The van der Waals surface area contributed by atoms with Crippen LogP contribution < -0.4 is 0 Å². The molecule has 3 saturated heterocycles. The maximum absolute atomic E-state index is 6.62. The van der Waals surface area contributed by atoms with Crippen molar-refractivity contribution in [3.05, 3.63) is 0 Å². The molecule has 5 atom stereocenters. The normalized spacial score (nSPS) is 42.3. The molecular weight excluding hydrogens is 348 g/mol. The van der Waals surface area contributed by atoms with Gasteiger partial charge in [-0.2, -0.15) is 0 Å². The van der Waals surface area contributed by atoms with E-state index in [1.807, 2.05) is 0 Å². The summed E-state index contributed by atoms with van der Waals surface area (Å²) in [6, 6.07) is 0. The fraction of sp³-hybridized carbons (Fsp3) is 1.00. The van der Waals surface area contributed by atoms with E-state index < -0.39 is 11.6 Å². The summed E-state index contributed by atoms with van der Waals surface area (Å²) in [7, 11) is 0. The van der Waals surface area contributed by atoms with E-state index in [9.17, 15) is 0 Å². The van der Waals surface area contributed by atoms with Crippen molar-refractivity contribution < 1.29 is 28.4 Å². The molecular formula is C21H34O6. The van der Waals surface area contributed by atoms with Gasteiger partial charge in [-0.05, 0) is 32.1 Å². The van der Waals surface area contributed by atoms with Crippen LogP contribution in [0.5, 0.6) is 0 Å². The molecule has 0 aromatic heterocycles. The lowest BCUT2D eigenvalue weighted by atomic mass is 9.94. The van der Waals surface area contributed by atoms with E-state index >= 15 is 0 Å². The van der Waals surface area contributed by atoms with Crippen molar-refractivity contribution in [3.8, 4) is 0 Å². The number of fused-ring (bicyclic) bond motifs is 3. The quantitative estimate of drug-likeness (QED) is 0.692. The standard InChI is InChI=1S/C21H34O6/c1-2-13-22-14-15-16-17(25-20(24-16)9-5-3-6-10-20)18-19(23-15)27-21(26-18)11-7-4-8-12-21/h15-19H,2-14H2,1H3/t15-,16-,17-,18+,19+/m0/s1. The first-order valence-electron chi connectivity index (χ1n) is 11.2. The minimum Gasteiger partial charge on any atom is -0.379 e. The largest absolute Gasteiger partial charge is 0.379 e. The van der Waals surface area contributed by atoms with Crippen molar-refractivity contribution in [2.24, 2.45) is 0 Å². The van der Waals surface area contributed by atoms with Crippen molar-refractivity contribution in [2.75, 3.05) is 13.2 Å². The molecule has 6 heteroatoms. The second-order valence-corrected chi connectivity index (χ2v) is 8.93. The molecule has 3 heterocycles. The lowest BCUT2D eigenvalue weighted by Crippen LogP contribution is -2.56. The average molecular weight is 382 g/mol. The SMILES string of the molecule is CCCOC[C@@H]1O[C@@H]2OC3(CCCCC3)O[C@@H]2[C@H]2OC3(CCCCC3)O[C@H]21. The summed E-state index contributed by atoms with van der Waals surface area (Å²) in [5.41, 5.74) is 0. The van der Waals surface area contributed by atoms with Gasteiger partial charge in [-0.3, -0.25) is 0 Å². The van der Waals surface area contributed by atoms with Gasteiger partial charge in [0.25, 0.3) is 0 Å². The van der Waals surface area contributed by atoms with Crippen molar-refractivity contribution >= 4 is 0 Å². The zero-order valence-electron chi connectivity index (χ0n) is 16.5. The minimum atomic E-state index is -0.483. The van der Waals surface area contributed by atoms with Crippen molar-refractivity contribution in [1.82, 2.24) is 0 Å². The Hall–Kier alpha value is -0.240. The summed E-state index contributed by atoms with van der Waals surface area (Å²) in [6.07, 6.45) is 11.0. The average Bonchev–Trinajstić information content (AvgIpc) is 3.21. The maximum atomic E-state index is 6.62. The third-order valence-electron chi connectivity index (χ3n) is 6.84. The fourth-order valence-corrected chi connectivity index (χ4v) is 5.52. The monoisotopic (exact) mass is 382 g/mol. The highest BCUT2D eigenvalue weighted by Crippen LogP contribution is 2.50. The molecule has 0 aromatic rings. The fourth-order valence-electron chi connectivity index (χ4n) is 5.52. The van der Waals surface area contributed by atoms with Crippen LogP contribution in [-0.2, 0) is 28.4 Å². The number of hydrogen-bond acceptors (Lipinski definition) is 6. The third kappa shape index (κ3) is 3.47. The van der Waals surface area contributed by atoms with Crippen LogP contribution >= 0.6 is 0 Å². The van der Waals surface area contributed by atoms with Crippen LogP contribution in [0.3, 0.4) is 0 Å². The molecule has 5 fully saturated rings. The molecule has 2 aliphatic carbocycles. The van der Waals surface area contributed by atoms with Gasteiger partial charge in [0, 0.05) is 32.3 Å². The molecule has 0 aromatic carbocycles. The second-order valence-electron chi connectivity index (χ2n) is 8.93. The number of ether oxygens (including phenoxy) is 6. The zero-order valence-corrected chi connectivity index (χ0v) is 16.5. The predicted molar refractivity (Wildman–Crippen MR) is 97.1 cm³/mol. The van der Waals surface area contributed by atoms with Crippen LogP contribution in [-0.4, -0.2) is 55.5 Å². The van der Waals surface area contributed by atoms with Crippen molar-refractivity contribution in [2.45, 2.75) is 120 Å². The summed E-state index contributed by atoms with van der Waals surface area (Å²) in [6.45, 7) is 3.38. The van der Waals surface area contributed by atoms with E-state index in [1.165, 1.54) is 12.8 Å². The highest BCUT2D eigenvalue weighted by Gasteiger charge is 2.63. The smallest absolute Gasteiger partial charge is 0.190 e. The maximum Gasteiger partial charge on any atom is 0.190 e. The van der Waals surface area contributed by atoms with Crippen LogP contribution in [0.2, 0.25) is 0 Å². The first-order chi connectivity index (χ1) is 13.2. The molecule has 3 aliphatic heterocycles. The molecule has 0 unspecified atom stereocenters. The summed E-state index contributed by atoms with van der Waals surface area (Å²) < 4.78 is 38.3. The molecule has 0 bridgehead atoms. The minimum absolute atomic E-state index is 0.127. The van der Waals surface area contributed by atoms with Gasteiger partial charge in [0.05, 0.1) is 6.61 Å². The van der Waals surface area contributed by atoms with E-state index in [2.05, 4.69) is 6.92 Å². The van der Waals surface area contributed by atoms with Gasteiger partial charge in [0.15, 0.2) is 17.9 Å². The van der Waals surface area contributed by atoms with Gasteiger partial charge in [0.1, 0.15) is 24.4 Å². The number of hydrogen-bond donors (Lipinski definition) is 0. The molecule has 154 valence electrons. The highest BCUT2D eigenvalue weighted by molar-refractivity contribution is 5.03. The first kappa shape index (κ1) is 18.8. The Kier molecular flexibility index (Phi) is 5.24. The van der Waals surface area contributed by atoms with E-state index in [4.69, 9.17) is 28.4 Å². The summed E-state index contributed by atoms with van der Waals surface area (Å²) in [5.74, 6) is -0.941. The number of rotatable bonds is 4. The zero-order chi connectivity index (χ0) is 18.3. The molecule has 2 spiro atoms. The van der Waals surface area contributed by atoms with Gasteiger partial charge in [0.2, 0.25) is 0 Å². The van der Waals surface area contributed by atoms with Gasteiger partial charge < -0.3 is 28.4 Å². The van der Waals surface area contributed by atoms with E-state index in [0.29, 0.717) is 6.61 Å². The Morgan fingerprint density at radius 1 is 0.741 bits per heavy atom. The summed E-state index contributed by atoms with van der Waals surface area (Å²) in [5, 5.41) is 0. The predicted octanol–water partition coefficient (Wildman–Crippen LogP) is 3.66. The Morgan fingerprint density at radius 2 is 1.33 bits per heavy atom. The summed E-state index contributed by atoms with van der Waals surface area (Å²) >= 11 is 0.